The van der Waals surface area contributed by atoms with Gasteiger partial charge in [-0.3, -0.25) is 4.79 Å². The number of nitrogens with zero attached hydrogens (tertiary/aromatic N) is 4. The van der Waals surface area contributed by atoms with E-state index in [-0.39, 0.29) is 5.75 Å². The number of rotatable bonds is 8. The van der Waals surface area contributed by atoms with E-state index in [0.717, 1.165) is 25.2 Å². The molecule has 1 aromatic heterocycles. The van der Waals surface area contributed by atoms with Crippen LogP contribution in [0.1, 0.15) is 6.42 Å². The fourth-order valence-electron chi connectivity index (χ4n) is 1.48. The first-order valence-electron chi connectivity index (χ1n) is 6.13. The molecule has 10 heteroatoms. The van der Waals surface area contributed by atoms with Crippen LogP contribution in [0.5, 0.6) is 0 Å². The maximum Gasteiger partial charge on any atom is 0.406 e. The molecular formula is C11H17F3N4O2S. The number of methoxy groups -OCH3 is 1. The van der Waals surface area contributed by atoms with E-state index in [2.05, 4.69) is 10.2 Å². The largest absolute Gasteiger partial charge is 0.406 e. The molecule has 0 aromatic carbocycles. The van der Waals surface area contributed by atoms with Crippen molar-refractivity contribution in [1.29, 1.82) is 0 Å². The van der Waals surface area contributed by atoms with Crippen molar-refractivity contribution >= 4 is 17.7 Å². The van der Waals surface area contributed by atoms with Gasteiger partial charge in [0.1, 0.15) is 12.9 Å². The predicted molar refractivity (Wildman–Crippen MR) is 70.9 cm³/mol. The number of alkyl halides is 3. The number of hydrogen-bond acceptors (Lipinski definition) is 5. The van der Waals surface area contributed by atoms with Gasteiger partial charge in [0.25, 0.3) is 0 Å². The van der Waals surface area contributed by atoms with Gasteiger partial charge in [0.15, 0.2) is 5.16 Å². The Morgan fingerprint density at radius 2 is 2.24 bits per heavy atom. The van der Waals surface area contributed by atoms with Gasteiger partial charge in [0.2, 0.25) is 5.91 Å². The molecule has 0 aliphatic carbocycles. The highest BCUT2D eigenvalue weighted by Crippen LogP contribution is 2.18. The Morgan fingerprint density at radius 3 is 2.86 bits per heavy atom. The van der Waals surface area contributed by atoms with Crippen molar-refractivity contribution in [2.45, 2.75) is 24.3 Å². The quantitative estimate of drug-likeness (QED) is 0.534. The van der Waals surface area contributed by atoms with Gasteiger partial charge >= 0.3 is 6.18 Å². The lowest BCUT2D eigenvalue weighted by Gasteiger charge is -2.18. The van der Waals surface area contributed by atoms with E-state index in [1.54, 1.807) is 11.7 Å². The highest BCUT2D eigenvalue weighted by atomic mass is 32.2. The van der Waals surface area contributed by atoms with Crippen molar-refractivity contribution in [3.05, 3.63) is 6.33 Å². The Labute approximate surface area is 124 Å². The zero-order chi connectivity index (χ0) is 15.9. The molecule has 0 aliphatic rings. The van der Waals surface area contributed by atoms with Crippen LogP contribution in [0, 0.1) is 0 Å². The zero-order valence-electron chi connectivity index (χ0n) is 11.8. The molecule has 120 valence electrons. The molecule has 0 unspecified atom stereocenters. The third kappa shape index (κ3) is 6.80. The summed E-state index contributed by atoms with van der Waals surface area (Å²) in [7, 11) is 2.72. The summed E-state index contributed by atoms with van der Waals surface area (Å²) < 4.78 is 43.2. The molecule has 0 saturated heterocycles. The van der Waals surface area contributed by atoms with E-state index in [0.29, 0.717) is 23.2 Å². The topological polar surface area (TPSA) is 60.2 Å². The van der Waals surface area contributed by atoms with Crippen LogP contribution in [0.3, 0.4) is 0 Å². The van der Waals surface area contributed by atoms with E-state index in [1.165, 1.54) is 6.33 Å². The predicted octanol–water partition coefficient (Wildman–Crippen LogP) is 1.43. The summed E-state index contributed by atoms with van der Waals surface area (Å²) in [5.41, 5.74) is 0. The summed E-state index contributed by atoms with van der Waals surface area (Å²) in [6, 6.07) is 0. The van der Waals surface area contributed by atoms with Crippen LogP contribution in [0.4, 0.5) is 13.2 Å². The van der Waals surface area contributed by atoms with Crippen LogP contribution in [-0.4, -0.2) is 64.8 Å². The normalized spacial score (nSPS) is 11.7. The second-order valence-corrected chi connectivity index (χ2v) is 5.25. The molecule has 0 aliphatic heterocycles. The minimum Gasteiger partial charge on any atom is -0.385 e. The van der Waals surface area contributed by atoms with E-state index in [9.17, 15) is 18.0 Å². The Kier molecular flexibility index (Phi) is 6.96. The minimum absolute atomic E-state index is 0.116. The van der Waals surface area contributed by atoms with Crippen LogP contribution in [0.25, 0.3) is 0 Å². The highest BCUT2D eigenvalue weighted by molar-refractivity contribution is 7.99. The van der Waals surface area contributed by atoms with E-state index in [4.69, 9.17) is 4.74 Å². The average molecular weight is 326 g/mol. The molecule has 1 aromatic rings. The Bertz CT molecular complexity index is 453. The standard InChI is InChI=1S/C11H17F3N4O2S/c1-17(7-11(12,13)14)9(19)6-21-10-16-15-8-18(10)4-3-5-20-2/h8H,3-7H2,1-2H3. The molecule has 0 fully saturated rings. The smallest absolute Gasteiger partial charge is 0.385 e. The average Bonchev–Trinajstić information content (AvgIpc) is 2.82. The summed E-state index contributed by atoms with van der Waals surface area (Å²) in [5, 5.41) is 8.07. The number of aromatic nitrogens is 3. The number of aryl methyl sites for hydroxylation is 1. The summed E-state index contributed by atoms with van der Waals surface area (Å²) in [6.07, 6.45) is -2.12. The van der Waals surface area contributed by atoms with Gasteiger partial charge in [0.05, 0.1) is 5.75 Å². The van der Waals surface area contributed by atoms with Crippen LogP contribution < -0.4 is 0 Å². The highest BCUT2D eigenvalue weighted by Gasteiger charge is 2.31. The summed E-state index contributed by atoms with van der Waals surface area (Å²) in [4.78, 5) is 12.3. The number of ether oxygens (including phenoxy) is 1. The van der Waals surface area contributed by atoms with Crippen molar-refractivity contribution in [3.63, 3.8) is 0 Å². The molecule has 1 amide bonds. The molecule has 0 atom stereocenters. The second-order valence-electron chi connectivity index (χ2n) is 4.31. The van der Waals surface area contributed by atoms with Crippen LogP contribution in [0.15, 0.2) is 11.5 Å². The summed E-state index contributed by atoms with van der Waals surface area (Å²) in [5.74, 6) is -0.723. The summed E-state index contributed by atoms with van der Waals surface area (Å²) in [6.45, 7) is -0.0573. The molecule has 0 bridgehead atoms. The number of amides is 1. The lowest BCUT2D eigenvalue weighted by atomic mass is 10.4. The molecule has 6 nitrogen and oxygen atoms in total. The second kappa shape index (κ2) is 8.23. The van der Waals surface area contributed by atoms with E-state index in [1.807, 2.05) is 0 Å². The van der Waals surface area contributed by atoms with Gasteiger partial charge < -0.3 is 14.2 Å². The minimum atomic E-state index is -4.39. The van der Waals surface area contributed by atoms with Crippen molar-refractivity contribution in [3.8, 4) is 0 Å². The van der Waals surface area contributed by atoms with Crippen LogP contribution in [0.2, 0.25) is 0 Å². The Morgan fingerprint density at radius 1 is 1.52 bits per heavy atom. The van der Waals surface area contributed by atoms with E-state index < -0.39 is 18.6 Å². The lowest BCUT2D eigenvalue weighted by molar-refractivity contribution is -0.156. The first-order chi connectivity index (χ1) is 9.83. The fourth-order valence-corrected chi connectivity index (χ4v) is 2.36. The summed E-state index contributed by atoms with van der Waals surface area (Å²) >= 11 is 1.06. The fraction of sp³-hybridized carbons (Fsp3) is 0.727. The van der Waals surface area contributed by atoms with Gasteiger partial charge in [-0.2, -0.15) is 13.2 Å². The molecule has 0 N–H and O–H groups in total. The van der Waals surface area contributed by atoms with Gasteiger partial charge in [0, 0.05) is 27.3 Å². The monoisotopic (exact) mass is 326 g/mol. The molecule has 0 radical (unpaired) electrons. The Hall–Kier alpha value is -1.29. The SMILES string of the molecule is COCCCn1cnnc1SCC(=O)N(C)CC(F)(F)F. The van der Waals surface area contributed by atoms with E-state index >= 15 is 0 Å². The molecular weight excluding hydrogens is 309 g/mol. The van der Waals surface area contributed by atoms with Gasteiger partial charge in [-0.15, -0.1) is 10.2 Å². The third-order valence-electron chi connectivity index (χ3n) is 2.49. The molecule has 1 heterocycles. The molecule has 0 spiro atoms. The number of hydrogen-bond donors (Lipinski definition) is 0. The van der Waals surface area contributed by atoms with Gasteiger partial charge in [-0.25, -0.2) is 0 Å². The maximum absolute atomic E-state index is 12.2. The molecule has 0 saturated carbocycles. The zero-order valence-corrected chi connectivity index (χ0v) is 12.6. The number of carbonyl (C=O) groups is 1. The van der Waals surface area contributed by atoms with Crippen molar-refractivity contribution in [2.75, 3.05) is 33.1 Å². The Balaban J connectivity index is 2.44. The van der Waals surface area contributed by atoms with Gasteiger partial charge in [-0.05, 0) is 6.42 Å². The van der Waals surface area contributed by atoms with Gasteiger partial charge in [-0.1, -0.05) is 11.8 Å². The third-order valence-corrected chi connectivity index (χ3v) is 3.46. The van der Waals surface area contributed by atoms with Crippen LogP contribution >= 0.6 is 11.8 Å². The first-order valence-corrected chi connectivity index (χ1v) is 7.12. The number of halogens is 3. The van der Waals surface area contributed by atoms with Crippen molar-refractivity contribution in [2.24, 2.45) is 0 Å². The maximum atomic E-state index is 12.2. The first kappa shape index (κ1) is 17.8. The molecule has 1 rings (SSSR count). The molecule has 21 heavy (non-hydrogen) atoms. The lowest BCUT2D eigenvalue weighted by Crippen LogP contribution is -2.36. The number of thioether (sulfide) groups is 1. The van der Waals surface area contributed by atoms with Crippen molar-refractivity contribution in [1.82, 2.24) is 19.7 Å². The van der Waals surface area contributed by atoms with Crippen molar-refractivity contribution < 1.29 is 22.7 Å². The number of carbonyl (C=O) groups excluding carboxylic acids is 1. The van der Waals surface area contributed by atoms with Crippen LogP contribution in [-0.2, 0) is 16.1 Å².